The molecular formula is C13H23ClN2. The summed E-state index contributed by atoms with van der Waals surface area (Å²) in [6, 6.07) is 2.66. The van der Waals surface area contributed by atoms with Crippen LogP contribution in [-0.2, 0) is 6.42 Å². The van der Waals surface area contributed by atoms with Crippen LogP contribution >= 0.6 is 11.6 Å². The van der Waals surface area contributed by atoms with E-state index in [-0.39, 0.29) is 5.38 Å². The molecule has 0 N–H and O–H groups in total. The average Bonchev–Trinajstić information content (AvgIpc) is 2.68. The minimum Gasteiger partial charge on any atom is -0.269 e. The standard InChI is InChI=1S/C13H23ClN2/c1-5-13(6-2)16-8-7-12(15-16)9-10(3)11(4)14/h7-8,10-11,13H,5-6,9H2,1-4H3. The Balaban J connectivity index is 2.64. The number of rotatable bonds is 6. The first kappa shape index (κ1) is 13.6. The number of nitrogens with zero attached hydrogens (tertiary/aromatic N) is 2. The van der Waals surface area contributed by atoms with Crippen molar-refractivity contribution in [2.75, 3.05) is 0 Å². The third-order valence-corrected chi connectivity index (χ3v) is 3.73. The molecule has 3 heteroatoms. The molecule has 2 atom stereocenters. The smallest absolute Gasteiger partial charge is 0.0627 e. The van der Waals surface area contributed by atoms with Gasteiger partial charge in [-0.1, -0.05) is 20.8 Å². The lowest BCUT2D eigenvalue weighted by Crippen LogP contribution is -2.12. The lowest BCUT2D eigenvalue weighted by Gasteiger charge is -2.14. The molecule has 1 aromatic rings. The summed E-state index contributed by atoms with van der Waals surface area (Å²) in [7, 11) is 0. The average molecular weight is 243 g/mol. The van der Waals surface area contributed by atoms with Crippen molar-refractivity contribution in [3.05, 3.63) is 18.0 Å². The summed E-state index contributed by atoms with van der Waals surface area (Å²) < 4.78 is 2.10. The van der Waals surface area contributed by atoms with Gasteiger partial charge in [0.25, 0.3) is 0 Å². The molecule has 16 heavy (non-hydrogen) atoms. The van der Waals surface area contributed by atoms with Crippen LogP contribution in [0.5, 0.6) is 0 Å². The summed E-state index contributed by atoms with van der Waals surface area (Å²) in [6.07, 6.45) is 5.34. The first-order valence-corrected chi connectivity index (χ1v) is 6.70. The van der Waals surface area contributed by atoms with Crippen LogP contribution in [0.1, 0.15) is 52.3 Å². The second-order valence-corrected chi connectivity index (χ2v) is 5.30. The molecule has 0 aromatic carbocycles. The van der Waals surface area contributed by atoms with Crippen molar-refractivity contribution in [3.8, 4) is 0 Å². The Labute approximate surface area is 104 Å². The van der Waals surface area contributed by atoms with E-state index in [1.807, 2.05) is 6.92 Å². The highest BCUT2D eigenvalue weighted by Crippen LogP contribution is 2.18. The fourth-order valence-corrected chi connectivity index (χ4v) is 1.93. The second-order valence-electron chi connectivity index (χ2n) is 4.62. The van der Waals surface area contributed by atoms with Crippen LogP contribution in [0, 0.1) is 5.92 Å². The molecule has 0 saturated heterocycles. The molecule has 0 aliphatic carbocycles. The van der Waals surface area contributed by atoms with Gasteiger partial charge in [0.1, 0.15) is 0 Å². The van der Waals surface area contributed by atoms with Crippen molar-refractivity contribution >= 4 is 11.6 Å². The lowest BCUT2D eigenvalue weighted by atomic mass is 10.0. The summed E-state index contributed by atoms with van der Waals surface area (Å²) in [4.78, 5) is 0. The Bertz CT molecular complexity index is 303. The Hall–Kier alpha value is -0.500. The van der Waals surface area contributed by atoms with Gasteiger partial charge in [-0.3, -0.25) is 4.68 Å². The Kier molecular flexibility index (Phi) is 5.33. The number of alkyl halides is 1. The Morgan fingerprint density at radius 2 is 1.94 bits per heavy atom. The zero-order valence-corrected chi connectivity index (χ0v) is 11.5. The van der Waals surface area contributed by atoms with Gasteiger partial charge in [-0.2, -0.15) is 5.10 Å². The Morgan fingerprint density at radius 1 is 1.31 bits per heavy atom. The van der Waals surface area contributed by atoms with E-state index in [1.165, 1.54) is 0 Å². The van der Waals surface area contributed by atoms with Gasteiger partial charge in [0.2, 0.25) is 0 Å². The van der Waals surface area contributed by atoms with Gasteiger partial charge in [0.15, 0.2) is 0 Å². The summed E-state index contributed by atoms with van der Waals surface area (Å²) >= 11 is 6.07. The van der Waals surface area contributed by atoms with Gasteiger partial charge < -0.3 is 0 Å². The maximum atomic E-state index is 6.07. The van der Waals surface area contributed by atoms with E-state index < -0.39 is 0 Å². The zero-order chi connectivity index (χ0) is 12.1. The minimum atomic E-state index is 0.207. The van der Waals surface area contributed by atoms with E-state index >= 15 is 0 Å². The van der Waals surface area contributed by atoms with Crippen molar-refractivity contribution in [2.24, 2.45) is 5.92 Å². The van der Waals surface area contributed by atoms with E-state index in [4.69, 9.17) is 11.6 Å². The fraction of sp³-hybridized carbons (Fsp3) is 0.769. The van der Waals surface area contributed by atoms with Crippen molar-refractivity contribution < 1.29 is 0 Å². The maximum Gasteiger partial charge on any atom is 0.0627 e. The zero-order valence-electron chi connectivity index (χ0n) is 10.8. The molecule has 1 heterocycles. The highest BCUT2D eigenvalue weighted by Gasteiger charge is 2.13. The molecular weight excluding hydrogens is 220 g/mol. The van der Waals surface area contributed by atoms with Crippen LogP contribution in [0.2, 0.25) is 0 Å². The van der Waals surface area contributed by atoms with Crippen molar-refractivity contribution in [2.45, 2.75) is 58.4 Å². The molecule has 0 bridgehead atoms. The van der Waals surface area contributed by atoms with Crippen molar-refractivity contribution in [1.29, 1.82) is 0 Å². The van der Waals surface area contributed by atoms with E-state index in [0.29, 0.717) is 12.0 Å². The molecule has 0 spiro atoms. The van der Waals surface area contributed by atoms with Gasteiger partial charge in [-0.25, -0.2) is 0 Å². The number of hydrogen-bond acceptors (Lipinski definition) is 1. The first-order valence-electron chi connectivity index (χ1n) is 6.26. The highest BCUT2D eigenvalue weighted by molar-refractivity contribution is 6.20. The molecule has 2 unspecified atom stereocenters. The fourth-order valence-electron chi connectivity index (χ4n) is 1.84. The monoisotopic (exact) mass is 242 g/mol. The van der Waals surface area contributed by atoms with Crippen LogP contribution in [0.4, 0.5) is 0 Å². The van der Waals surface area contributed by atoms with Crippen LogP contribution < -0.4 is 0 Å². The Morgan fingerprint density at radius 3 is 2.44 bits per heavy atom. The number of halogens is 1. The van der Waals surface area contributed by atoms with Gasteiger partial charge in [-0.15, -0.1) is 11.6 Å². The van der Waals surface area contributed by atoms with Crippen molar-refractivity contribution in [1.82, 2.24) is 9.78 Å². The molecule has 0 saturated carbocycles. The molecule has 2 nitrogen and oxygen atoms in total. The van der Waals surface area contributed by atoms with E-state index in [9.17, 15) is 0 Å². The highest BCUT2D eigenvalue weighted by atomic mass is 35.5. The van der Waals surface area contributed by atoms with Crippen LogP contribution in [0.3, 0.4) is 0 Å². The summed E-state index contributed by atoms with van der Waals surface area (Å²) in [5, 5.41) is 4.84. The molecule has 0 fully saturated rings. The number of aromatic nitrogens is 2. The van der Waals surface area contributed by atoms with E-state index in [0.717, 1.165) is 25.0 Å². The molecule has 0 aliphatic rings. The largest absolute Gasteiger partial charge is 0.269 e. The molecule has 1 rings (SSSR count). The third-order valence-electron chi connectivity index (χ3n) is 3.30. The summed E-state index contributed by atoms with van der Waals surface area (Å²) in [5.41, 5.74) is 1.16. The van der Waals surface area contributed by atoms with Crippen LogP contribution in [0.25, 0.3) is 0 Å². The van der Waals surface area contributed by atoms with E-state index in [1.54, 1.807) is 0 Å². The van der Waals surface area contributed by atoms with Gasteiger partial charge in [0.05, 0.1) is 11.7 Å². The van der Waals surface area contributed by atoms with E-state index in [2.05, 4.69) is 42.8 Å². The second kappa shape index (κ2) is 6.29. The van der Waals surface area contributed by atoms with Crippen LogP contribution in [0.15, 0.2) is 12.3 Å². The molecule has 92 valence electrons. The lowest BCUT2D eigenvalue weighted by molar-refractivity contribution is 0.422. The molecule has 0 aliphatic heterocycles. The van der Waals surface area contributed by atoms with Gasteiger partial charge in [0, 0.05) is 11.6 Å². The van der Waals surface area contributed by atoms with Gasteiger partial charge >= 0.3 is 0 Å². The minimum absolute atomic E-state index is 0.207. The normalized spacial score (nSPS) is 15.4. The molecule has 0 amide bonds. The predicted molar refractivity (Wildman–Crippen MR) is 70.0 cm³/mol. The SMILES string of the molecule is CCC(CC)n1ccc(CC(C)C(C)Cl)n1. The molecule has 0 radical (unpaired) electrons. The summed E-state index contributed by atoms with van der Waals surface area (Å²) in [6.45, 7) is 8.63. The van der Waals surface area contributed by atoms with Gasteiger partial charge in [-0.05, 0) is 38.2 Å². The summed E-state index contributed by atoms with van der Waals surface area (Å²) in [5.74, 6) is 0.478. The maximum absolute atomic E-state index is 6.07. The third kappa shape index (κ3) is 3.51. The topological polar surface area (TPSA) is 17.8 Å². The predicted octanol–water partition coefficient (Wildman–Crippen LogP) is 4.05. The number of hydrogen-bond donors (Lipinski definition) is 0. The quantitative estimate of drug-likeness (QED) is 0.689. The first-order chi connectivity index (χ1) is 7.58. The van der Waals surface area contributed by atoms with Crippen LogP contribution in [-0.4, -0.2) is 15.2 Å². The van der Waals surface area contributed by atoms with Crippen molar-refractivity contribution in [3.63, 3.8) is 0 Å². The molecule has 1 aromatic heterocycles.